The molecule has 0 atom stereocenters. The molecule has 7 nitrogen and oxygen atoms in total. The number of hydrogen-bond acceptors (Lipinski definition) is 4. The number of hydrogen-bond donors (Lipinski definition) is 3. The van der Waals surface area contributed by atoms with Crippen LogP contribution in [0.25, 0.3) is 0 Å². The van der Waals surface area contributed by atoms with Gasteiger partial charge in [0.05, 0.1) is 5.69 Å². The summed E-state index contributed by atoms with van der Waals surface area (Å²) in [6, 6.07) is 14.9. The van der Waals surface area contributed by atoms with Crippen molar-refractivity contribution in [3.05, 3.63) is 82.9 Å². The van der Waals surface area contributed by atoms with E-state index >= 15 is 0 Å². The SMILES string of the molecule is CNC(=O)c1cc(C(=O)NCCc2cc[nH]n2)cc(Cc2ccccc2)n1. The summed E-state index contributed by atoms with van der Waals surface area (Å²) in [6.07, 6.45) is 2.91. The third-order valence-corrected chi connectivity index (χ3v) is 4.05. The Kier molecular flexibility index (Phi) is 5.94. The second-order valence-corrected chi connectivity index (χ2v) is 6.05. The number of nitrogens with zero attached hydrogens (tertiary/aromatic N) is 2. The Morgan fingerprint density at radius 2 is 1.85 bits per heavy atom. The number of aromatic amines is 1. The lowest BCUT2D eigenvalue weighted by Crippen LogP contribution is -2.27. The Balaban J connectivity index is 1.76. The maximum atomic E-state index is 12.5. The lowest BCUT2D eigenvalue weighted by atomic mass is 10.1. The second-order valence-electron chi connectivity index (χ2n) is 6.05. The summed E-state index contributed by atoms with van der Waals surface area (Å²) >= 11 is 0. The zero-order valence-corrected chi connectivity index (χ0v) is 15.0. The van der Waals surface area contributed by atoms with Crippen LogP contribution < -0.4 is 10.6 Å². The van der Waals surface area contributed by atoms with Crippen molar-refractivity contribution in [2.24, 2.45) is 0 Å². The third kappa shape index (κ3) is 5.01. The van der Waals surface area contributed by atoms with Gasteiger partial charge in [-0.2, -0.15) is 5.10 Å². The number of aromatic nitrogens is 3. The predicted molar refractivity (Wildman–Crippen MR) is 102 cm³/mol. The van der Waals surface area contributed by atoms with Crippen LogP contribution in [0.3, 0.4) is 0 Å². The van der Waals surface area contributed by atoms with E-state index in [0.29, 0.717) is 30.6 Å². The lowest BCUT2D eigenvalue weighted by Gasteiger charge is -2.09. The molecular formula is C20H21N5O2. The van der Waals surface area contributed by atoms with E-state index in [1.165, 1.54) is 13.1 Å². The van der Waals surface area contributed by atoms with Crippen LogP contribution in [-0.4, -0.2) is 40.6 Å². The Labute approximate surface area is 157 Å². The molecule has 0 radical (unpaired) electrons. The minimum absolute atomic E-state index is 0.225. The van der Waals surface area contributed by atoms with E-state index in [-0.39, 0.29) is 17.5 Å². The number of carbonyl (C=O) groups excluding carboxylic acids is 2. The fraction of sp³-hybridized carbons (Fsp3) is 0.200. The van der Waals surface area contributed by atoms with E-state index in [2.05, 4.69) is 25.8 Å². The summed E-state index contributed by atoms with van der Waals surface area (Å²) in [7, 11) is 1.54. The van der Waals surface area contributed by atoms with Crippen LogP contribution in [0.5, 0.6) is 0 Å². The molecule has 2 heterocycles. The summed E-state index contributed by atoms with van der Waals surface area (Å²) in [5.74, 6) is -0.567. The van der Waals surface area contributed by atoms with E-state index in [4.69, 9.17) is 0 Å². The van der Waals surface area contributed by atoms with Gasteiger partial charge in [0.25, 0.3) is 11.8 Å². The van der Waals surface area contributed by atoms with Gasteiger partial charge in [-0.1, -0.05) is 30.3 Å². The minimum Gasteiger partial charge on any atom is -0.354 e. The van der Waals surface area contributed by atoms with Gasteiger partial charge >= 0.3 is 0 Å². The van der Waals surface area contributed by atoms with Gasteiger partial charge in [-0.05, 0) is 23.8 Å². The molecule has 0 fully saturated rings. The maximum Gasteiger partial charge on any atom is 0.269 e. The molecule has 3 aromatic rings. The molecule has 0 bridgehead atoms. The zero-order chi connectivity index (χ0) is 19.1. The van der Waals surface area contributed by atoms with Gasteiger partial charge < -0.3 is 10.6 Å². The van der Waals surface area contributed by atoms with Gasteiger partial charge in [0.2, 0.25) is 0 Å². The van der Waals surface area contributed by atoms with Crippen molar-refractivity contribution in [2.45, 2.75) is 12.8 Å². The van der Waals surface area contributed by atoms with E-state index < -0.39 is 0 Å². The van der Waals surface area contributed by atoms with Crippen molar-refractivity contribution in [2.75, 3.05) is 13.6 Å². The maximum absolute atomic E-state index is 12.5. The first-order chi connectivity index (χ1) is 13.2. The third-order valence-electron chi connectivity index (χ3n) is 4.05. The lowest BCUT2D eigenvalue weighted by molar-refractivity contribution is 0.0954. The zero-order valence-electron chi connectivity index (χ0n) is 15.0. The summed E-state index contributed by atoms with van der Waals surface area (Å²) in [4.78, 5) is 29.0. The van der Waals surface area contributed by atoms with Crippen molar-refractivity contribution in [3.8, 4) is 0 Å². The van der Waals surface area contributed by atoms with E-state index in [9.17, 15) is 9.59 Å². The second kappa shape index (κ2) is 8.75. The molecule has 0 aliphatic rings. The molecule has 3 rings (SSSR count). The van der Waals surface area contributed by atoms with Crippen LogP contribution >= 0.6 is 0 Å². The summed E-state index contributed by atoms with van der Waals surface area (Å²) in [5.41, 5.74) is 3.24. The van der Waals surface area contributed by atoms with E-state index in [0.717, 1.165) is 11.3 Å². The number of carbonyl (C=O) groups is 2. The molecule has 2 aromatic heterocycles. The number of pyridine rings is 1. The molecule has 7 heteroatoms. The fourth-order valence-electron chi connectivity index (χ4n) is 2.70. The summed E-state index contributed by atoms with van der Waals surface area (Å²) in [5, 5.41) is 12.2. The average Bonchev–Trinajstić information content (AvgIpc) is 3.21. The Bertz CT molecular complexity index is 907. The van der Waals surface area contributed by atoms with Gasteiger partial charge in [-0.25, -0.2) is 4.98 Å². The van der Waals surface area contributed by atoms with E-state index in [1.807, 2.05) is 36.4 Å². The van der Waals surface area contributed by atoms with Crippen LogP contribution in [-0.2, 0) is 12.8 Å². The highest BCUT2D eigenvalue weighted by Crippen LogP contribution is 2.12. The Morgan fingerprint density at radius 3 is 2.56 bits per heavy atom. The van der Waals surface area contributed by atoms with Gasteiger partial charge in [0, 0.05) is 43.9 Å². The fourth-order valence-corrected chi connectivity index (χ4v) is 2.70. The first-order valence-electron chi connectivity index (χ1n) is 8.69. The molecule has 1 aromatic carbocycles. The molecule has 0 unspecified atom stereocenters. The van der Waals surface area contributed by atoms with E-state index in [1.54, 1.807) is 12.3 Å². The summed E-state index contributed by atoms with van der Waals surface area (Å²) < 4.78 is 0. The average molecular weight is 363 g/mol. The van der Waals surface area contributed by atoms with Crippen LogP contribution in [0.15, 0.2) is 54.7 Å². The Morgan fingerprint density at radius 1 is 1.04 bits per heavy atom. The topological polar surface area (TPSA) is 99.8 Å². The first kappa shape index (κ1) is 18.3. The van der Waals surface area contributed by atoms with Crippen LogP contribution in [0.4, 0.5) is 0 Å². The molecule has 2 amide bonds. The number of amides is 2. The standard InChI is InChI=1S/C20H21N5O2/c1-21-20(27)18-13-15(19(26)22-9-7-16-8-10-23-25-16)12-17(24-18)11-14-5-3-2-4-6-14/h2-6,8,10,12-13H,7,9,11H2,1H3,(H,21,27)(H,22,26)(H,23,25). The number of benzene rings is 1. The molecule has 0 spiro atoms. The van der Waals surface area contributed by atoms with Crippen LogP contribution in [0.1, 0.15) is 37.8 Å². The van der Waals surface area contributed by atoms with Crippen LogP contribution in [0, 0.1) is 0 Å². The quantitative estimate of drug-likeness (QED) is 0.595. The first-order valence-corrected chi connectivity index (χ1v) is 8.69. The molecular weight excluding hydrogens is 342 g/mol. The van der Waals surface area contributed by atoms with Gasteiger partial charge in [-0.15, -0.1) is 0 Å². The van der Waals surface area contributed by atoms with Crippen LogP contribution in [0.2, 0.25) is 0 Å². The van der Waals surface area contributed by atoms with Crippen molar-refractivity contribution in [3.63, 3.8) is 0 Å². The Hall–Kier alpha value is -3.48. The normalized spacial score (nSPS) is 10.4. The van der Waals surface area contributed by atoms with Crippen molar-refractivity contribution < 1.29 is 9.59 Å². The van der Waals surface area contributed by atoms with Gasteiger partial charge in [0.1, 0.15) is 5.69 Å². The summed E-state index contributed by atoms with van der Waals surface area (Å²) in [6.45, 7) is 0.454. The highest BCUT2D eigenvalue weighted by molar-refractivity contribution is 5.98. The van der Waals surface area contributed by atoms with Gasteiger partial charge in [0.15, 0.2) is 0 Å². The molecule has 0 saturated heterocycles. The largest absolute Gasteiger partial charge is 0.354 e. The number of nitrogens with one attached hydrogen (secondary N) is 3. The van der Waals surface area contributed by atoms with Gasteiger partial charge in [-0.3, -0.25) is 14.7 Å². The van der Waals surface area contributed by atoms with Crippen molar-refractivity contribution in [1.29, 1.82) is 0 Å². The number of H-pyrrole nitrogens is 1. The van der Waals surface area contributed by atoms with Crippen molar-refractivity contribution in [1.82, 2.24) is 25.8 Å². The molecule has 3 N–H and O–H groups in total. The van der Waals surface area contributed by atoms with Crippen molar-refractivity contribution >= 4 is 11.8 Å². The highest BCUT2D eigenvalue weighted by atomic mass is 16.2. The smallest absolute Gasteiger partial charge is 0.269 e. The number of rotatable bonds is 7. The highest BCUT2D eigenvalue weighted by Gasteiger charge is 2.14. The molecule has 138 valence electrons. The molecule has 0 saturated carbocycles. The molecule has 27 heavy (non-hydrogen) atoms. The monoisotopic (exact) mass is 363 g/mol. The molecule has 0 aliphatic carbocycles. The minimum atomic E-state index is -0.324. The predicted octanol–water partition coefficient (Wildman–Crippen LogP) is 1.73. The molecule has 0 aliphatic heterocycles.